The highest BCUT2D eigenvalue weighted by atomic mass is 16.5. The van der Waals surface area contributed by atoms with Crippen molar-refractivity contribution in [1.82, 2.24) is 24.2 Å². The number of hydrogen-bond donors (Lipinski definition) is 0. The summed E-state index contributed by atoms with van der Waals surface area (Å²) in [6.45, 7) is 9.29. The Morgan fingerprint density at radius 1 is 1.03 bits per heavy atom. The van der Waals surface area contributed by atoms with Gasteiger partial charge in [-0.1, -0.05) is 18.2 Å². The van der Waals surface area contributed by atoms with Gasteiger partial charge >= 0.3 is 0 Å². The first-order chi connectivity index (χ1) is 16.5. The molecule has 0 radical (unpaired) electrons. The van der Waals surface area contributed by atoms with Crippen molar-refractivity contribution < 1.29 is 9.53 Å². The lowest BCUT2D eigenvalue weighted by molar-refractivity contribution is -0.132. The van der Waals surface area contributed by atoms with E-state index in [2.05, 4.69) is 28.1 Å². The molecule has 4 aromatic rings. The van der Waals surface area contributed by atoms with Gasteiger partial charge in [0.2, 0.25) is 5.91 Å². The van der Waals surface area contributed by atoms with Crippen molar-refractivity contribution in [2.45, 2.75) is 27.3 Å². The van der Waals surface area contributed by atoms with Crippen molar-refractivity contribution in [1.29, 1.82) is 0 Å². The van der Waals surface area contributed by atoms with Gasteiger partial charge in [0.05, 0.1) is 18.1 Å². The molecule has 1 fully saturated rings. The molecule has 0 bridgehead atoms. The molecule has 1 aliphatic rings. The molecule has 176 valence electrons. The fraction of sp³-hybridized carbons (Fsp3) is 0.346. The number of methoxy groups -OCH3 is 1. The van der Waals surface area contributed by atoms with Crippen LogP contribution < -0.4 is 9.64 Å². The van der Waals surface area contributed by atoms with Crippen LogP contribution in [0.15, 0.2) is 48.8 Å². The number of benzene rings is 2. The first kappa shape index (κ1) is 22.0. The van der Waals surface area contributed by atoms with Gasteiger partial charge in [-0.2, -0.15) is 5.10 Å². The Kier molecular flexibility index (Phi) is 5.73. The maximum atomic E-state index is 13.1. The van der Waals surface area contributed by atoms with Crippen LogP contribution >= 0.6 is 0 Å². The summed E-state index contributed by atoms with van der Waals surface area (Å²) in [6.07, 6.45) is 1.80. The van der Waals surface area contributed by atoms with Crippen LogP contribution in [-0.2, 0) is 11.3 Å². The van der Waals surface area contributed by atoms with E-state index in [0.717, 1.165) is 58.2 Å². The zero-order valence-corrected chi connectivity index (χ0v) is 20.2. The molecule has 0 aliphatic carbocycles. The summed E-state index contributed by atoms with van der Waals surface area (Å²) in [7, 11) is 1.70. The van der Waals surface area contributed by atoms with Gasteiger partial charge in [0.25, 0.3) is 0 Å². The lowest BCUT2D eigenvalue weighted by Gasteiger charge is -2.36. The number of ether oxygens (including phenoxy) is 1. The monoisotopic (exact) mass is 458 g/mol. The number of aryl methyl sites for hydroxylation is 1. The Labute approximate surface area is 199 Å². The molecular weight excluding hydrogens is 428 g/mol. The van der Waals surface area contributed by atoms with Crippen molar-refractivity contribution in [3.63, 3.8) is 0 Å². The summed E-state index contributed by atoms with van der Waals surface area (Å²) < 4.78 is 9.28. The summed E-state index contributed by atoms with van der Waals surface area (Å²) in [6, 6.07) is 14.3. The highest BCUT2D eigenvalue weighted by Gasteiger charge is 2.24. The third-order valence-electron chi connectivity index (χ3n) is 6.84. The summed E-state index contributed by atoms with van der Waals surface area (Å²) in [5.41, 5.74) is 6.22. The van der Waals surface area contributed by atoms with Crippen LogP contribution in [0.25, 0.3) is 16.9 Å². The van der Waals surface area contributed by atoms with Crippen LogP contribution in [0, 0.1) is 20.8 Å². The van der Waals surface area contributed by atoms with E-state index in [4.69, 9.17) is 9.84 Å². The largest absolute Gasteiger partial charge is 0.496 e. The predicted octanol–water partition coefficient (Wildman–Crippen LogP) is 3.50. The number of para-hydroxylation sites is 2. The van der Waals surface area contributed by atoms with E-state index in [-0.39, 0.29) is 12.5 Å². The van der Waals surface area contributed by atoms with Gasteiger partial charge in [-0.3, -0.25) is 14.0 Å². The van der Waals surface area contributed by atoms with Gasteiger partial charge in [0.1, 0.15) is 18.6 Å². The van der Waals surface area contributed by atoms with E-state index in [1.807, 2.05) is 59.2 Å². The van der Waals surface area contributed by atoms with Gasteiger partial charge in [-0.25, -0.2) is 4.98 Å². The molecule has 0 N–H and O–H groups in total. The topological polar surface area (TPSA) is 68.4 Å². The summed E-state index contributed by atoms with van der Waals surface area (Å²) >= 11 is 0. The summed E-state index contributed by atoms with van der Waals surface area (Å²) in [5.74, 6) is 1.80. The highest BCUT2D eigenvalue weighted by Crippen LogP contribution is 2.26. The molecule has 1 amide bonds. The average molecular weight is 459 g/mol. The van der Waals surface area contributed by atoms with Gasteiger partial charge in [0, 0.05) is 49.2 Å². The van der Waals surface area contributed by atoms with E-state index in [1.54, 1.807) is 13.4 Å². The lowest BCUT2D eigenvalue weighted by atomic mass is 10.1. The van der Waals surface area contributed by atoms with Crippen LogP contribution in [-0.4, -0.2) is 63.4 Å². The fourth-order valence-electron chi connectivity index (χ4n) is 4.58. The second kappa shape index (κ2) is 8.85. The molecular formula is C26H30N6O2. The number of piperazine rings is 1. The quantitative estimate of drug-likeness (QED) is 0.458. The summed E-state index contributed by atoms with van der Waals surface area (Å²) in [4.78, 5) is 21.9. The number of anilines is 1. The molecule has 8 nitrogen and oxygen atoms in total. The summed E-state index contributed by atoms with van der Waals surface area (Å²) in [5, 5.41) is 4.79. The Balaban J connectivity index is 1.28. The number of nitrogens with zero attached hydrogens (tertiary/aromatic N) is 6. The molecule has 0 atom stereocenters. The molecule has 2 aromatic carbocycles. The van der Waals surface area contributed by atoms with Crippen molar-refractivity contribution in [2.24, 2.45) is 0 Å². The molecule has 2 aromatic heterocycles. The number of carbonyl (C=O) groups is 1. The van der Waals surface area contributed by atoms with Crippen LogP contribution in [0.2, 0.25) is 0 Å². The number of fused-ring (bicyclic) bond motifs is 1. The molecule has 8 heteroatoms. The SMILES string of the molecule is COc1cc(N2CCN(C(=O)Cn3nc(-n4cnc5ccccc54)c(C)c3C)CC2)ccc1C. The predicted molar refractivity (Wildman–Crippen MR) is 133 cm³/mol. The zero-order valence-electron chi connectivity index (χ0n) is 20.2. The first-order valence-corrected chi connectivity index (χ1v) is 11.6. The molecule has 1 aliphatic heterocycles. The van der Waals surface area contributed by atoms with Gasteiger partial charge < -0.3 is 14.5 Å². The van der Waals surface area contributed by atoms with Crippen molar-refractivity contribution in [3.05, 3.63) is 65.6 Å². The second-order valence-corrected chi connectivity index (χ2v) is 8.82. The Hall–Kier alpha value is -3.81. The Morgan fingerprint density at radius 3 is 2.56 bits per heavy atom. The van der Waals surface area contributed by atoms with Gasteiger partial charge in [-0.05, 0) is 44.5 Å². The molecule has 0 saturated carbocycles. The fourth-order valence-corrected chi connectivity index (χ4v) is 4.58. The number of carbonyl (C=O) groups excluding carboxylic acids is 1. The Morgan fingerprint density at radius 2 is 1.79 bits per heavy atom. The number of aromatic nitrogens is 4. The van der Waals surface area contributed by atoms with Crippen LogP contribution in [0.1, 0.15) is 16.8 Å². The minimum absolute atomic E-state index is 0.0915. The van der Waals surface area contributed by atoms with Crippen molar-refractivity contribution in [2.75, 3.05) is 38.2 Å². The van der Waals surface area contributed by atoms with Crippen LogP contribution in [0.4, 0.5) is 5.69 Å². The maximum absolute atomic E-state index is 13.1. The maximum Gasteiger partial charge on any atom is 0.244 e. The second-order valence-electron chi connectivity index (χ2n) is 8.82. The highest BCUT2D eigenvalue weighted by molar-refractivity contribution is 5.78. The minimum Gasteiger partial charge on any atom is -0.496 e. The van der Waals surface area contributed by atoms with E-state index in [0.29, 0.717) is 13.1 Å². The smallest absolute Gasteiger partial charge is 0.244 e. The van der Waals surface area contributed by atoms with E-state index < -0.39 is 0 Å². The molecule has 34 heavy (non-hydrogen) atoms. The molecule has 5 rings (SSSR count). The number of imidazole rings is 1. The van der Waals surface area contributed by atoms with Crippen molar-refractivity contribution >= 4 is 22.6 Å². The molecule has 1 saturated heterocycles. The third-order valence-corrected chi connectivity index (χ3v) is 6.84. The van der Waals surface area contributed by atoms with Gasteiger partial charge in [0.15, 0.2) is 5.82 Å². The average Bonchev–Trinajstić information content (AvgIpc) is 3.41. The molecule has 0 unspecified atom stereocenters. The van der Waals surface area contributed by atoms with Crippen LogP contribution in [0.5, 0.6) is 5.75 Å². The third kappa shape index (κ3) is 3.89. The standard InChI is InChI=1S/C26H30N6O2/c1-18-9-10-21(15-24(18)34-4)29-11-13-30(14-12-29)25(33)16-32-20(3)19(2)26(28-32)31-17-27-22-7-5-6-8-23(22)31/h5-10,15,17H,11-14,16H2,1-4H3. The normalized spacial score (nSPS) is 14.1. The Bertz CT molecular complexity index is 1350. The molecule has 0 spiro atoms. The minimum atomic E-state index is 0.0915. The van der Waals surface area contributed by atoms with Crippen molar-refractivity contribution in [3.8, 4) is 11.6 Å². The van der Waals surface area contributed by atoms with Crippen LogP contribution in [0.3, 0.4) is 0 Å². The zero-order chi connectivity index (χ0) is 23.8. The van der Waals surface area contributed by atoms with E-state index in [1.165, 1.54) is 0 Å². The van der Waals surface area contributed by atoms with Gasteiger partial charge in [-0.15, -0.1) is 0 Å². The molecule has 3 heterocycles. The number of hydrogen-bond acceptors (Lipinski definition) is 5. The van der Waals surface area contributed by atoms with E-state index >= 15 is 0 Å². The lowest BCUT2D eigenvalue weighted by Crippen LogP contribution is -2.49. The first-order valence-electron chi connectivity index (χ1n) is 11.6. The number of amides is 1. The number of rotatable bonds is 5. The van der Waals surface area contributed by atoms with E-state index in [9.17, 15) is 4.79 Å².